The van der Waals surface area contributed by atoms with Gasteiger partial charge >= 0.3 is 0 Å². The molecule has 0 N–H and O–H groups in total. The number of aromatic nitrogens is 2. The minimum absolute atomic E-state index is 0.0856. The van der Waals surface area contributed by atoms with Crippen molar-refractivity contribution in [1.82, 2.24) is 9.97 Å². The van der Waals surface area contributed by atoms with Crippen molar-refractivity contribution in [2.45, 2.75) is 19.4 Å². The number of carbonyl (C=O) groups excluding carboxylic acids is 1. The molecule has 2 aliphatic heterocycles. The summed E-state index contributed by atoms with van der Waals surface area (Å²) in [6.45, 7) is 3.78. The van der Waals surface area contributed by atoms with Crippen LogP contribution in [-0.2, 0) is 10.3 Å². The van der Waals surface area contributed by atoms with E-state index in [9.17, 15) is 4.79 Å². The zero-order valence-corrected chi connectivity index (χ0v) is 17.2. The van der Waals surface area contributed by atoms with Crippen LogP contribution in [0.2, 0.25) is 5.02 Å². The Morgan fingerprint density at radius 1 is 0.900 bits per heavy atom. The number of benzene rings is 1. The summed E-state index contributed by atoms with van der Waals surface area (Å²) in [7, 11) is 0. The number of fused-ring (bicyclic) bond motifs is 1. The van der Waals surface area contributed by atoms with Crippen molar-refractivity contribution in [3.8, 4) is 0 Å². The minimum atomic E-state index is -1.06. The number of hydrogen-bond acceptors (Lipinski definition) is 5. The lowest BCUT2D eigenvalue weighted by Gasteiger charge is -2.31. The van der Waals surface area contributed by atoms with Crippen LogP contribution in [0.15, 0.2) is 89.0 Å². The van der Waals surface area contributed by atoms with E-state index < -0.39 is 11.0 Å². The molecule has 2 aromatic heterocycles. The second kappa shape index (κ2) is 6.57. The number of rotatable bonds is 3. The highest BCUT2D eigenvalue weighted by Gasteiger charge is 2.67. The van der Waals surface area contributed by atoms with Crippen molar-refractivity contribution in [1.29, 1.82) is 0 Å². The molecule has 1 fully saturated rings. The van der Waals surface area contributed by atoms with E-state index >= 15 is 0 Å². The number of hydrogen-bond donors (Lipinski definition) is 0. The second-order valence-electron chi connectivity index (χ2n) is 7.78. The summed E-state index contributed by atoms with van der Waals surface area (Å²) >= 11 is 6.10. The molecule has 1 aromatic carbocycles. The molecule has 6 nitrogen and oxygen atoms in total. The predicted molar refractivity (Wildman–Crippen MR) is 115 cm³/mol. The zero-order valence-electron chi connectivity index (χ0n) is 16.5. The molecule has 0 spiro atoms. The average molecular weight is 416 g/mol. The van der Waals surface area contributed by atoms with Crippen LogP contribution in [0.3, 0.4) is 0 Å². The third-order valence-electron chi connectivity index (χ3n) is 5.76. The number of azo groups is 1. The van der Waals surface area contributed by atoms with E-state index in [0.29, 0.717) is 33.5 Å². The van der Waals surface area contributed by atoms with Crippen molar-refractivity contribution in [3.63, 3.8) is 0 Å². The third kappa shape index (κ3) is 2.40. The number of carbonyl (C=O) groups is 1. The zero-order chi connectivity index (χ0) is 20.9. The standard InChI is InChI=1S/C23H18ClN5O/c1-22(2)21(30)29(16-11-9-15(24)10-12-16)20-19(17-7-3-5-13-25-17)27-28-23(20,22)18-8-4-6-14-26-18/h3-14H,1-2H3. The summed E-state index contributed by atoms with van der Waals surface area (Å²) in [6.07, 6.45) is 3.41. The summed E-state index contributed by atoms with van der Waals surface area (Å²) in [5, 5.41) is 9.86. The lowest BCUT2D eigenvalue weighted by Crippen LogP contribution is -2.40. The van der Waals surface area contributed by atoms with E-state index in [1.807, 2.05) is 62.4 Å². The van der Waals surface area contributed by atoms with E-state index in [0.717, 1.165) is 0 Å². The first kappa shape index (κ1) is 18.6. The monoisotopic (exact) mass is 415 g/mol. The first-order valence-electron chi connectivity index (χ1n) is 9.57. The molecule has 30 heavy (non-hydrogen) atoms. The van der Waals surface area contributed by atoms with Gasteiger partial charge in [0.15, 0.2) is 5.54 Å². The molecule has 0 saturated carbocycles. The fourth-order valence-electron chi connectivity index (χ4n) is 4.20. The highest BCUT2D eigenvalue weighted by Crippen LogP contribution is 2.61. The van der Waals surface area contributed by atoms with Gasteiger partial charge in [-0.05, 0) is 62.4 Å². The quantitative estimate of drug-likeness (QED) is 0.587. The molecule has 1 atom stereocenters. The average Bonchev–Trinajstić information content (AvgIpc) is 3.25. The van der Waals surface area contributed by atoms with Gasteiger partial charge in [0.25, 0.3) is 0 Å². The van der Waals surface area contributed by atoms with Crippen LogP contribution in [0.25, 0.3) is 5.70 Å². The number of halogens is 1. The Labute approximate surface area is 179 Å². The van der Waals surface area contributed by atoms with Gasteiger partial charge < -0.3 is 0 Å². The van der Waals surface area contributed by atoms with Crippen LogP contribution in [0, 0.1) is 5.41 Å². The highest BCUT2D eigenvalue weighted by molar-refractivity contribution is 6.30. The summed E-state index contributed by atoms with van der Waals surface area (Å²) in [4.78, 5) is 24.5. The van der Waals surface area contributed by atoms with Crippen molar-refractivity contribution in [2.24, 2.45) is 15.6 Å². The second-order valence-corrected chi connectivity index (χ2v) is 8.22. The summed E-state index contributed by atoms with van der Waals surface area (Å²) in [5.74, 6) is -0.0856. The SMILES string of the molecule is CC1(C)C(=O)N(c2ccc(Cl)cc2)C2=C(c3ccccn3)N=NC21c1ccccn1. The highest BCUT2D eigenvalue weighted by atomic mass is 35.5. The van der Waals surface area contributed by atoms with Crippen LogP contribution in [0.4, 0.5) is 5.69 Å². The van der Waals surface area contributed by atoms with Crippen LogP contribution in [-0.4, -0.2) is 15.9 Å². The minimum Gasteiger partial charge on any atom is -0.279 e. The molecule has 0 radical (unpaired) electrons. The van der Waals surface area contributed by atoms with Crippen LogP contribution in [0.1, 0.15) is 25.2 Å². The molecule has 7 heteroatoms. The van der Waals surface area contributed by atoms with Gasteiger partial charge in [-0.15, -0.1) is 0 Å². The molecule has 4 heterocycles. The maximum Gasteiger partial charge on any atom is 0.240 e. The maximum absolute atomic E-state index is 13.8. The van der Waals surface area contributed by atoms with Crippen molar-refractivity contribution < 1.29 is 4.79 Å². The van der Waals surface area contributed by atoms with Gasteiger partial charge in [0.1, 0.15) is 5.70 Å². The normalized spacial score (nSPS) is 22.0. The number of amides is 1. The van der Waals surface area contributed by atoms with Gasteiger partial charge in [-0.2, -0.15) is 10.2 Å². The Kier molecular flexibility index (Phi) is 4.08. The number of nitrogens with zero attached hydrogens (tertiary/aromatic N) is 5. The topological polar surface area (TPSA) is 70.8 Å². The summed E-state index contributed by atoms with van der Waals surface area (Å²) < 4.78 is 0. The molecule has 1 amide bonds. The first-order chi connectivity index (χ1) is 14.5. The lowest BCUT2D eigenvalue weighted by atomic mass is 9.71. The van der Waals surface area contributed by atoms with E-state index in [2.05, 4.69) is 15.1 Å². The van der Waals surface area contributed by atoms with E-state index in [1.165, 1.54) is 0 Å². The molecule has 1 unspecified atom stereocenters. The third-order valence-corrected chi connectivity index (χ3v) is 6.01. The summed E-state index contributed by atoms with van der Waals surface area (Å²) in [6, 6.07) is 18.4. The Morgan fingerprint density at radius 2 is 1.60 bits per heavy atom. The van der Waals surface area contributed by atoms with Gasteiger partial charge in [0.2, 0.25) is 5.91 Å². The number of anilines is 1. The first-order valence-corrected chi connectivity index (χ1v) is 9.95. The van der Waals surface area contributed by atoms with Crippen LogP contribution < -0.4 is 4.90 Å². The van der Waals surface area contributed by atoms with E-state index in [-0.39, 0.29) is 5.91 Å². The molecule has 3 aromatic rings. The Morgan fingerprint density at radius 3 is 2.23 bits per heavy atom. The lowest BCUT2D eigenvalue weighted by molar-refractivity contribution is -0.125. The molecule has 0 bridgehead atoms. The molecular weight excluding hydrogens is 398 g/mol. The molecule has 0 aliphatic carbocycles. The number of pyridine rings is 2. The van der Waals surface area contributed by atoms with Gasteiger partial charge in [-0.25, -0.2) is 0 Å². The molecular formula is C23H18ClN5O. The molecule has 148 valence electrons. The largest absolute Gasteiger partial charge is 0.279 e. The Hall–Kier alpha value is -3.38. The van der Waals surface area contributed by atoms with E-state index in [1.54, 1.807) is 29.4 Å². The van der Waals surface area contributed by atoms with E-state index in [4.69, 9.17) is 16.7 Å². The van der Waals surface area contributed by atoms with Gasteiger partial charge in [0, 0.05) is 23.1 Å². The smallest absolute Gasteiger partial charge is 0.240 e. The fourth-order valence-corrected chi connectivity index (χ4v) is 4.32. The van der Waals surface area contributed by atoms with Crippen molar-refractivity contribution in [2.75, 3.05) is 4.90 Å². The van der Waals surface area contributed by atoms with Crippen LogP contribution in [0.5, 0.6) is 0 Å². The van der Waals surface area contributed by atoms with Crippen LogP contribution >= 0.6 is 11.6 Å². The fraction of sp³-hybridized carbons (Fsp3) is 0.174. The maximum atomic E-state index is 13.8. The van der Waals surface area contributed by atoms with Gasteiger partial charge in [-0.1, -0.05) is 23.7 Å². The Balaban J connectivity index is 1.84. The molecule has 2 aliphatic rings. The molecule has 1 saturated heterocycles. The molecule has 5 rings (SSSR count). The van der Waals surface area contributed by atoms with Gasteiger partial charge in [-0.3, -0.25) is 19.7 Å². The van der Waals surface area contributed by atoms with Crippen molar-refractivity contribution >= 4 is 28.9 Å². The summed E-state index contributed by atoms with van der Waals surface area (Å²) in [5.41, 5.74) is 1.27. The van der Waals surface area contributed by atoms with Crippen molar-refractivity contribution in [3.05, 3.63) is 95.2 Å². The van der Waals surface area contributed by atoms with Gasteiger partial charge in [0.05, 0.1) is 22.5 Å². The Bertz CT molecular complexity index is 1190. The predicted octanol–water partition coefficient (Wildman–Crippen LogP) is 5.23.